The fourth-order valence-corrected chi connectivity index (χ4v) is 1.31. The van der Waals surface area contributed by atoms with Crippen molar-refractivity contribution in [3.8, 4) is 5.75 Å². The molecule has 0 spiro atoms. The van der Waals surface area contributed by atoms with Crippen molar-refractivity contribution in [3.63, 3.8) is 0 Å². The average Bonchev–Trinajstić information content (AvgIpc) is 2.28. The lowest BCUT2D eigenvalue weighted by atomic mass is 10.2. The molecule has 0 aromatic heterocycles. The second kappa shape index (κ2) is 6.70. The number of hydrogen-bond donors (Lipinski definition) is 3. The molecule has 1 aromatic rings. The highest BCUT2D eigenvalue weighted by atomic mass is 16.3. The predicted molar refractivity (Wildman–Crippen MR) is 66.4 cm³/mol. The molecule has 3 N–H and O–H groups in total. The Morgan fingerprint density at radius 3 is 2.65 bits per heavy atom. The zero-order chi connectivity index (χ0) is 12.7. The maximum atomic E-state index is 11.4. The van der Waals surface area contributed by atoms with E-state index in [2.05, 4.69) is 5.32 Å². The molecule has 17 heavy (non-hydrogen) atoms. The Morgan fingerprint density at radius 2 is 2.06 bits per heavy atom. The molecule has 4 nitrogen and oxygen atoms in total. The number of phenols is 1. The van der Waals surface area contributed by atoms with Crippen LogP contribution in [-0.2, 0) is 4.79 Å². The topological polar surface area (TPSA) is 69.6 Å². The molecule has 1 unspecified atom stereocenters. The van der Waals surface area contributed by atoms with Crippen LogP contribution in [0.3, 0.4) is 0 Å². The fourth-order valence-electron chi connectivity index (χ4n) is 1.31. The second-order valence-corrected chi connectivity index (χ2v) is 3.85. The first-order valence-electron chi connectivity index (χ1n) is 5.50. The van der Waals surface area contributed by atoms with Crippen LogP contribution in [0.1, 0.15) is 18.9 Å². The Bertz CT molecular complexity index is 384. The molecule has 1 rings (SSSR count). The van der Waals surface area contributed by atoms with Gasteiger partial charge in [-0.15, -0.1) is 0 Å². The van der Waals surface area contributed by atoms with Crippen LogP contribution < -0.4 is 5.32 Å². The van der Waals surface area contributed by atoms with Gasteiger partial charge in [0.15, 0.2) is 0 Å². The quantitative estimate of drug-likeness (QED) is 0.674. The van der Waals surface area contributed by atoms with Gasteiger partial charge in [0.05, 0.1) is 0 Å². The summed E-state index contributed by atoms with van der Waals surface area (Å²) in [4.78, 5) is 11.4. The molecular formula is C13H17NO3. The number of hydrogen-bond acceptors (Lipinski definition) is 3. The van der Waals surface area contributed by atoms with Crippen molar-refractivity contribution in [2.24, 2.45) is 0 Å². The van der Waals surface area contributed by atoms with Crippen molar-refractivity contribution >= 4 is 12.0 Å². The van der Waals surface area contributed by atoms with E-state index in [1.807, 2.05) is 6.92 Å². The van der Waals surface area contributed by atoms with Crippen LogP contribution in [0.15, 0.2) is 30.3 Å². The van der Waals surface area contributed by atoms with E-state index in [-0.39, 0.29) is 24.3 Å². The third-order valence-electron chi connectivity index (χ3n) is 2.27. The first-order chi connectivity index (χ1) is 8.11. The SMILES string of the molecule is CC(CCO)NC(=O)/C=C/c1ccc(O)cc1. The molecule has 0 heterocycles. The third kappa shape index (κ3) is 5.17. The highest BCUT2D eigenvalue weighted by Gasteiger charge is 2.02. The first kappa shape index (κ1) is 13.3. The van der Waals surface area contributed by atoms with E-state index in [0.717, 1.165) is 5.56 Å². The van der Waals surface area contributed by atoms with Gasteiger partial charge in [-0.25, -0.2) is 0 Å². The minimum absolute atomic E-state index is 0.0445. The van der Waals surface area contributed by atoms with Gasteiger partial charge in [0.2, 0.25) is 5.91 Å². The number of amides is 1. The molecule has 1 amide bonds. The van der Waals surface area contributed by atoms with Gasteiger partial charge in [-0.2, -0.15) is 0 Å². The number of rotatable bonds is 5. The van der Waals surface area contributed by atoms with E-state index in [4.69, 9.17) is 10.2 Å². The number of aliphatic hydroxyl groups is 1. The van der Waals surface area contributed by atoms with Gasteiger partial charge in [0, 0.05) is 18.7 Å². The summed E-state index contributed by atoms with van der Waals surface area (Å²) in [6, 6.07) is 6.52. The summed E-state index contributed by atoms with van der Waals surface area (Å²) in [6.45, 7) is 1.89. The third-order valence-corrected chi connectivity index (χ3v) is 2.27. The van der Waals surface area contributed by atoms with Crippen molar-refractivity contribution in [3.05, 3.63) is 35.9 Å². The summed E-state index contributed by atoms with van der Waals surface area (Å²) in [5.74, 6) is 0.00203. The Hall–Kier alpha value is -1.81. The standard InChI is InChI=1S/C13H17NO3/c1-10(8-9-15)14-13(17)7-4-11-2-5-12(16)6-3-11/h2-7,10,15-16H,8-9H2,1H3,(H,14,17)/b7-4+. The molecule has 0 bridgehead atoms. The summed E-state index contributed by atoms with van der Waals surface area (Å²) >= 11 is 0. The van der Waals surface area contributed by atoms with Crippen LogP contribution in [-0.4, -0.2) is 28.8 Å². The van der Waals surface area contributed by atoms with E-state index in [9.17, 15) is 4.79 Å². The largest absolute Gasteiger partial charge is 0.508 e. The smallest absolute Gasteiger partial charge is 0.244 e. The number of aliphatic hydroxyl groups excluding tert-OH is 1. The Kier molecular flexibility index (Phi) is 5.23. The minimum atomic E-state index is -0.195. The highest BCUT2D eigenvalue weighted by Crippen LogP contribution is 2.10. The number of benzene rings is 1. The molecule has 92 valence electrons. The van der Waals surface area contributed by atoms with Gasteiger partial charge in [-0.1, -0.05) is 12.1 Å². The molecule has 0 aliphatic carbocycles. The van der Waals surface area contributed by atoms with E-state index >= 15 is 0 Å². The Labute approximate surface area is 101 Å². The molecule has 1 atom stereocenters. The lowest BCUT2D eigenvalue weighted by Gasteiger charge is -2.09. The van der Waals surface area contributed by atoms with E-state index < -0.39 is 0 Å². The predicted octanol–water partition coefficient (Wildman–Crippen LogP) is 1.29. The van der Waals surface area contributed by atoms with Crippen molar-refractivity contribution < 1.29 is 15.0 Å². The van der Waals surface area contributed by atoms with E-state index in [0.29, 0.717) is 6.42 Å². The summed E-state index contributed by atoms with van der Waals surface area (Å²) in [5.41, 5.74) is 0.841. The molecule has 0 saturated heterocycles. The summed E-state index contributed by atoms with van der Waals surface area (Å²) in [5, 5.41) is 20.5. The van der Waals surface area contributed by atoms with Gasteiger partial charge >= 0.3 is 0 Å². The number of nitrogens with one attached hydrogen (secondary N) is 1. The number of carbonyl (C=O) groups excluding carboxylic acids is 1. The monoisotopic (exact) mass is 235 g/mol. The maximum absolute atomic E-state index is 11.4. The molecule has 0 aliphatic rings. The molecular weight excluding hydrogens is 218 g/mol. The minimum Gasteiger partial charge on any atom is -0.508 e. The first-order valence-corrected chi connectivity index (χ1v) is 5.50. The lowest BCUT2D eigenvalue weighted by Crippen LogP contribution is -2.31. The maximum Gasteiger partial charge on any atom is 0.244 e. The molecule has 0 saturated carbocycles. The van der Waals surface area contributed by atoms with Gasteiger partial charge in [-0.3, -0.25) is 4.79 Å². The highest BCUT2D eigenvalue weighted by molar-refractivity contribution is 5.91. The second-order valence-electron chi connectivity index (χ2n) is 3.85. The van der Waals surface area contributed by atoms with Gasteiger partial charge in [0.1, 0.15) is 5.75 Å². The Morgan fingerprint density at radius 1 is 1.41 bits per heavy atom. The lowest BCUT2D eigenvalue weighted by molar-refractivity contribution is -0.117. The molecule has 1 aromatic carbocycles. The summed E-state index contributed by atoms with van der Waals surface area (Å²) in [6.07, 6.45) is 3.64. The number of carbonyl (C=O) groups is 1. The van der Waals surface area contributed by atoms with Crippen LogP contribution in [0.2, 0.25) is 0 Å². The van der Waals surface area contributed by atoms with Crippen molar-refractivity contribution in [2.45, 2.75) is 19.4 Å². The molecule has 0 radical (unpaired) electrons. The van der Waals surface area contributed by atoms with Crippen LogP contribution in [0.4, 0.5) is 0 Å². The number of phenolic OH excluding ortho intramolecular Hbond substituents is 1. The Balaban J connectivity index is 2.47. The van der Waals surface area contributed by atoms with Crippen molar-refractivity contribution in [1.82, 2.24) is 5.32 Å². The van der Waals surface area contributed by atoms with Crippen molar-refractivity contribution in [2.75, 3.05) is 6.61 Å². The fraction of sp³-hybridized carbons (Fsp3) is 0.308. The zero-order valence-corrected chi connectivity index (χ0v) is 9.76. The van der Waals surface area contributed by atoms with Crippen molar-refractivity contribution in [1.29, 1.82) is 0 Å². The molecule has 4 heteroatoms. The van der Waals surface area contributed by atoms with Crippen LogP contribution in [0, 0.1) is 0 Å². The number of aromatic hydroxyl groups is 1. The van der Waals surface area contributed by atoms with Crippen LogP contribution in [0.25, 0.3) is 6.08 Å². The van der Waals surface area contributed by atoms with Gasteiger partial charge < -0.3 is 15.5 Å². The van der Waals surface area contributed by atoms with E-state index in [1.165, 1.54) is 6.08 Å². The summed E-state index contributed by atoms with van der Waals surface area (Å²) < 4.78 is 0. The van der Waals surface area contributed by atoms with Crippen LogP contribution in [0.5, 0.6) is 5.75 Å². The van der Waals surface area contributed by atoms with Crippen LogP contribution >= 0.6 is 0 Å². The summed E-state index contributed by atoms with van der Waals surface area (Å²) in [7, 11) is 0. The normalized spacial score (nSPS) is 12.6. The van der Waals surface area contributed by atoms with Gasteiger partial charge in [0.25, 0.3) is 0 Å². The van der Waals surface area contributed by atoms with E-state index in [1.54, 1.807) is 30.3 Å². The average molecular weight is 235 g/mol. The zero-order valence-electron chi connectivity index (χ0n) is 9.76. The van der Waals surface area contributed by atoms with Gasteiger partial charge in [-0.05, 0) is 37.1 Å². The molecule has 0 aliphatic heterocycles. The molecule has 0 fully saturated rings.